The van der Waals surface area contributed by atoms with Gasteiger partial charge in [-0.05, 0) is 72.4 Å². The largest absolute Gasteiger partial charge is 0.266 e. The van der Waals surface area contributed by atoms with Gasteiger partial charge in [0.25, 0.3) is 6.43 Å². The summed E-state index contributed by atoms with van der Waals surface area (Å²) in [5.74, 6) is -0.737. The molecule has 3 aromatic rings. The fourth-order valence-corrected chi connectivity index (χ4v) is 3.86. The molecule has 0 aliphatic rings. The quantitative estimate of drug-likeness (QED) is 0.311. The maximum absolute atomic E-state index is 14.3. The van der Waals surface area contributed by atoms with Crippen LogP contribution in [0.3, 0.4) is 0 Å². The molecule has 0 amide bonds. The van der Waals surface area contributed by atoms with E-state index >= 15 is 0 Å². The van der Waals surface area contributed by atoms with Crippen LogP contribution in [0.25, 0.3) is 11.1 Å². The van der Waals surface area contributed by atoms with Gasteiger partial charge in [0.1, 0.15) is 5.82 Å². The van der Waals surface area contributed by atoms with Crippen molar-refractivity contribution in [1.82, 2.24) is 0 Å². The van der Waals surface area contributed by atoms with Gasteiger partial charge in [-0.15, -0.1) is 0 Å². The second-order valence-electron chi connectivity index (χ2n) is 7.92. The molecule has 0 atom stereocenters. The molecule has 0 radical (unpaired) electrons. The molecule has 30 heavy (non-hydrogen) atoms. The average Bonchev–Trinajstić information content (AvgIpc) is 2.74. The highest BCUT2D eigenvalue weighted by molar-refractivity contribution is 5.64. The van der Waals surface area contributed by atoms with E-state index in [1.165, 1.54) is 29.2 Å². The molecule has 0 bridgehead atoms. The van der Waals surface area contributed by atoms with Crippen LogP contribution in [0, 0.1) is 12.7 Å². The minimum atomic E-state index is -2.77. The fraction of sp³-hybridized carbons (Fsp3) is 0.333. The number of unbranched alkanes of at least 4 members (excludes halogenated alkanes) is 1. The molecule has 0 spiro atoms. The summed E-state index contributed by atoms with van der Waals surface area (Å²) in [6, 6.07) is 20.5. The Bertz CT molecular complexity index is 941. The van der Waals surface area contributed by atoms with Gasteiger partial charge in [-0.3, -0.25) is 0 Å². The van der Waals surface area contributed by atoms with Crippen LogP contribution in [0.4, 0.5) is 13.2 Å². The molecule has 0 aromatic heterocycles. The van der Waals surface area contributed by atoms with Crippen molar-refractivity contribution in [3.8, 4) is 11.1 Å². The first-order valence-corrected chi connectivity index (χ1v) is 10.7. The summed E-state index contributed by atoms with van der Waals surface area (Å²) in [5.41, 5.74) is 5.26. The Morgan fingerprint density at radius 3 is 1.77 bits per heavy atom. The third-order valence-corrected chi connectivity index (χ3v) is 5.64. The van der Waals surface area contributed by atoms with E-state index in [9.17, 15) is 13.2 Å². The van der Waals surface area contributed by atoms with Crippen LogP contribution in [0.2, 0.25) is 0 Å². The molecule has 0 nitrogen and oxygen atoms in total. The van der Waals surface area contributed by atoms with E-state index in [1.54, 1.807) is 12.1 Å². The smallest absolute Gasteiger partial charge is 0.206 e. The van der Waals surface area contributed by atoms with Gasteiger partial charge in [-0.2, -0.15) is 0 Å². The highest BCUT2D eigenvalue weighted by atomic mass is 19.3. The van der Waals surface area contributed by atoms with Crippen LogP contribution >= 0.6 is 0 Å². The topological polar surface area (TPSA) is 0 Å². The van der Waals surface area contributed by atoms with Crippen molar-refractivity contribution in [1.29, 1.82) is 0 Å². The second-order valence-corrected chi connectivity index (χ2v) is 7.92. The SMILES string of the molecule is CCCc1ccc(-c2ccc(CCCCc3ccc(C)c(C(F)F)c3F)cc2)cc1. The summed E-state index contributed by atoms with van der Waals surface area (Å²) in [6.45, 7) is 3.71. The first kappa shape index (κ1) is 22.1. The summed E-state index contributed by atoms with van der Waals surface area (Å²) in [7, 11) is 0. The summed E-state index contributed by atoms with van der Waals surface area (Å²) >= 11 is 0. The third-order valence-electron chi connectivity index (χ3n) is 5.64. The summed E-state index contributed by atoms with van der Waals surface area (Å²) < 4.78 is 40.4. The van der Waals surface area contributed by atoms with Crippen LogP contribution < -0.4 is 0 Å². The molecule has 3 heteroatoms. The Morgan fingerprint density at radius 2 is 1.23 bits per heavy atom. The van der Waals surface area contributed by atoms with Crippen molar-refractivity contribution < 1.29 is 13.2 Å². The minimum absolute atomic E-state index is 0.311. The number of aryl methyl sites for hydroxylation is 4. The van der Waals surface area contributed by atoms with E-state index in [2.05, 4.69) is 55.5 Å². The van der Waals surface area contributed by atoms with Gasteiger partial charge in [-0.25, -0.2) is 13.2 Å². The van der Waals surface area contributed by atoms with E-state index in [0.717, 1.165) is 32.1 Å². The van der Waals surface area contributed by atoms with E-state index in [1.807, 2.05) is 0 Å². The zero-order valence-electron chi connectivity index (χ0n) is 17.7. The molecule has 0 aliphatic carbocycles. The van der Waals surface area contributed by atoms with E-state index in [0.29, 0.717) is 17.5 Å². The van der Waals surface area contributed by atoms with Crippen LogP contribution in [0.15, 0.2) is 60.7 Å². The van der Waals surface area contributed by atoms with Gasteiger partial charge in [0.15, 0.2) is 0 Å². The Labute approximate surface area is 177 Å². The molecular weight excluding hydrogens is 381 g/mol. The van der Waals surface area contributed by atoms with Gasteiger partial charge >= 0.3 is 0 Å². The maximum atomic E-state index is 14.3. The van der Waals surface area contributed by atoms with Gasteiger partial charge < -0.3 is 0 Å². The molecule has 0 unspecified atom stereocenters. The van der Waals surface area contributed by atoms with Crippen molar-refractivity contribution in [2.45, 2.75) is 58.8 Å². The lowest BCUT2D eigenvalue weighted by Gasteiger charge is -2.11. The Kier molecular flexibility index (Phi) is 7.73. The number of rotatable bonds is 9. The van der Waals surface area contributed by atoms with E-state index < -0.39 is 17.8 Å². The highest BCUT2D eigenvalue weighted by Gasteiger charge is 2.18. The molecule has 0 fully saturated rings. The van der Waals surface area contributed by atoms with Crippen molar-refractivity contribution in [2.24, 2.45) is 0 Å². The number of benzene rings is 3. The lowest BCUT2D eigenvalue weighted by Crippen LogP contribution is -2.01. The average molecular weight is 411 g/mol. The van der Waals surface area contributed by atoms with Crippen LogP contribution in [-0.2, 0) is 19.3 Å². The summed E-state index contributed by atoms with van der Waals surface area (Å²) in [6.07, 6.45) is 2.52. The van der Waals surface area contributed by atoms with Crippen LogP contribution in [-0.4, -0.2) is 0 Å². The normalized spacial score (nSPS) is 11.3. The Hall–Kier alpha value is -2.55. The number of alkyl halides is 2. The Balaban J connectivity index is 1.53. The molecular formula is C27H29F3. The molecule has 0 saturated heterocycles. The molecule has 0 N–H and O–H groups in total. The number of hydrogen-bond donors (Lipinski definition) is 0. The lowest BCUT2D eigenvalue weighted by molar-refractivity contribution is 0.145. The van der Waals surface area contributed by atoms with Crippen molar-refractivity contribution in [3.63, 3.8) is 0 Å². The van der Waals surface area contributed by atoms with Gasteiger partial charge in [0.05, 0.1) is 5.56 Å². The molecule has 3 rings (SSSR count). The van der Waals surface area contributed by atoms with Crippen molar-refractivity contribution >= 4 is 0 Å². The fourth-order valence-electron chi connectivity index (χ4n) is 3.86. The van der Waals surface area contributed by atoms with Crippen molar-refractivity contribution in [2.75, 3.05) is 0 Å². The van der Waals surface area contributed by atoms with Crippen LogP contribution in [0.5, 0.6) is 0 Å². The van der Waals surface area contributed by atoms with Gasteiger partial charge in [0, 0.05) is 0 Å². The zero-order chi connectivity index (χ0) is 21.5. The molecule has 0 heterocycles. The van der Waals surface area contributed by atoms with Crippen LogP contribution in [0.1, 0.15) is 60.4 Å². The molecule has 158 valence electrons. The molecule has 0 aliphatic heterocycles. The van der Waals surface area contributed by atoms with E-state index in [4.69, 9.17) is 0 Å². The second kappa shape index (κ2) is 10.5. The maximum Gasteiger partial charge on any atom is 0.266 e. The zero-order valence-corrected chi connectivity index (χ0v) is 17.7. The molecule has 3 aromatic carbocycles. The first-order chi connectivity index (χ1) is 14.5. The predicted octanol–water partition coefficient (Wildman–Crippen LogP) is 8.26. The minimum Gasteiger partial charge on any atom is -0.206 e. The third kappa shape index (κ3) is 5.53. The number of hydrogen-bond acceptors (Lipinski definition) is 0. The summed E-state index contributed by atoms with van der Waals surface area (Å²) in [5, 5.41) is 0. The molecule has 0 saturated carbocycles. The van der Waals surface area contributed by atoms with Gasteiger partial charge in [-0.1, -0.05) is 74.0 Å². The Morgan fingerprint density at radius 1 is 0.700 bits per heavy atom. The highest BCUT2D eigenvalue weighted by Crippen LogP contribution is 2.28. The van der Waals surface area contributed by atoms with Crippen molar-refractivity contribution in [3.05, 3.63) is 94.3 Å². The first-order valence-electron chi connectivity index (χ1n) is 10.7. The van der Waals surface area contributed by atoms with E-state index in [-0.39, 0.29) is 0 Å². The monoisotopic (exact) mass is 410 g/mol. The predicted molar refractivity (Wildman–Crippen MR) is 119 cm³/mol. The lowest BCUT2D eigenvalue weighted by atomic mass is 9.98. The number of halogens is 3. The summed E-state index contributed by atoms with van der Waals surface area (Å²) in [4.78, 5) is 0. The van der Waals surface area contributed by atoms with Gasteiger partial charge in [0.2, 0.25) is 0 Å². The standard InChI is InChI=1S/C27H29F3/c1-3-6-20-10-15-22(16-11-20)23-17-12-21(13-18-23)7-4-5-8-24-14-9-19(2)25(26(24)28)27(29)30/h9-18,27H,3-8H2,1-2H3.